The molecule has 4 nitrogen and oxygen atoms in total. The van der Waals surface area contributed by atoms with Gasteiger partial charge in [0.05, 0.1) is 11.9 Å². The van der Waals surface area contributed by atoms with E-state index in [9.17, 15) is 4.79 Å². The smallest absolute Gasteiger partial charge is 0.230 e. The first kappa shape index (κ1) is 10.5. The maximum Gasteiger partial charge on any atom is 0.230 e. The minimum atomic E-state index is -0.414. The van der Waals surface area contributed by atoms with Gasteiger partial charge in [-0.1, -0.05) is 20.8 Å². The molecule has 0 aliphatic rings. The zero-order valence-electron chi connectivity index (χ0n) is 8.66. The molecule has 0 atom stereocenters. The lowest BCUT2D eigenvalue weighted by atomic mass is 9.96. The van der Waals surface area contributed by atoms with Crippen molar-refractivity contribution in [2.45, 2.75) is 20.8 Å². The molecule has 14 heavy (non-hydrogen) atoms. The van der Waals surface area contributed by atoms with Crippen LogP contribution in [0.4, 0.5) is 11.5 Å². The number of nitrogens with one attached hydrogen (secondary N) is 1. The highest BCUT2D eigenvalue weighted by Gasteiger charge is 2.21. The van der Waals surface area contributed by atoms with Gasteiger partial charge in [0.25, 0.3) is 0 Å². The summed E-state index contributed by atoms with van der Waals surface area (Å²) in [5, 5.41) is 2.70. The summed E-state index contributed by atoms with van der Waals surface area (Å²) < 4.78 is 0. The number of nitrogens with zero attached hydrogens (tertiary/aromatic N) is 1. The number of hydrogen-bond donors (Lipinski definition) is 2. The summed E-state index contributed by atoms with van der Waals surface area (Å²) in [5.74, 6) is 0.467. The van der Waals surface area contributed by atoms with Crippen molar-refractivity contribution < 1.29 is 4.79 Å². The SMILES string of the molecule is CC(C)(C)C(=O)Nc1ccc(N)cn1. The fourth-order valence-corrected chi connectivity index (χ4v) is 0.783. The Bertz CT molecular complexity index is 324. The van der Waals surface area contributed by atoms with Gasteiger partial charge in [0, 0.05) is 5.41 Å². The van der Waals surface area contributed by atoms with Gasteiger partial charge < -0.3 is 11.1 Å². The third kappa shape index (κ3) is 2.73. The van der Waals surface area contributed by atoms with Crippen LogP contribution in [0.1, 0.15) is 20.8 Å². The third-order valence-corrected chi connectivity index (χ3v) is 1.71. The predicted molar refractivity (Wildman–Crippen MR) is 56.7 cm³/mol. The molecule has 3 N–H and O–H groups in total. The van der Waals surface area contributed by atoms with Crippen molar-refractivity contribution in [3.63, 3.8) is 0 Å². The summed E-state index contributed by atoms with van der Waals surface area (Å²) in [4.78, 5) is 15.5. The topological polar surface area (TPSA) is 68.0 Å². The number of rotatable bonds is 1. The van der Waals surface area contributed by atoms with Crippen LogP contribution in [0.3, 0.4) is 0 Å². The fourth-order valence-electron chi connectivity index (χ4n) is 0.783. The molecule has 1 aromatic heterocycles. The van der Waals surface area contributed by atoms with Crippen LogP contribution in [0.5, 0.6) is 0 Å². The Labute approximate surface area is 83.5 Å². The molecular formula is C10H15N3O. The number of nitrogens with two attached hydrogens (primary N) is 1. The van der Waals surface area contributed by atoms with Crippen molar-refractivity contribution in [2.75, 3.05) is 11.1 Å². The first-order valence-electron chi connectivity index (χ1n) is 4.42. The maximum absolute atomic E-state index is 11.5. The van der Waals surface area contributed by atoms with E-state index in [0.717, 1.165) is 0 Å². The molecule has 0 aliphatic heterocycles. The Morgan fingerprint density at radius 1 is 1.43 bits per heavy atom. The summed E-state index contributed by atoms with van der Waals surface area (Å²) in [5.41, 5.74) is 5.64. The lowest BCUT2D eigenvalue weighted by Crippen LogP contribution is -2.27. The highest BCUT2D eigenvalue weighted by atomic mass is 16.2. The predicted octanol–water partition coefficient (Wildman–Crippen LogP) is 1.65. The standard InChI is InChI=1S/C10H15N3O/c1-10(2,3)9(14)13-8-5-4-7(11)6-12-8/h4-6H,11H2,1-3H3,(H,12,13,14). The number of carbonyl (C=O) groups is 1. The van der Waals surface area contributed by atoms with E-state index in [0.29, 0.717) is 11.5 Å². The van der Waals surface area contributed by atoms with Gasteiger partial charge in [-0.15, -0.1) is 0 Å². The largest absolute Gasteiger partial charge is 0.397 e. The second kappa shape index (κ2) is 3.65. The summed E-state index contributed by atoms with van der Waals surface area (Å²) in [7, 11) is 0. The lowest BCUT2D eigenvalue weighted by molar-refractivity contribution is -0.123. The van der Waals surface area contributed by atoms with E-state index < -0.39 is 5.41 Å². The highest BCUT2D eigenvalue weighted by Crippen LogP contribution is 2.16. The molecule has 76 valence electrons. The number of hydrogen-bond acceptors (Lipinski definition) is 3. The average Bonchev–Trinajstić information content (AvgIpc) is 2.07. The molecule has 0 fully saturated rings. The van der Waals surface area contributed by atoms with Crippen molar-refractivity contribution in [3.8, 4) is 0 Å². The van der Waals surface area contributed by atoms with E-state index >= 15 is 0 Å². The van der Waals surface area contributed by atoms with E-state index in [-0.39, 0.29) is 5.91 Å². The zero-order valence-corrected chi connectivity index (χ0v) is 8.66. The molecule has 0 radical (unpaired) electrons. The van der Waals surface area contributed by atoms with Crippen molar-refractivity contribution in [2.24, 2.45) is 5.41 Å². The Kier molecular flexibility index (Phi) is 2.74. The van der Waals surface area contributed by atoms with Crippen LogP contribution in [0.2, 0.25) is 0 Å². The molecule has 1 aromatic rings. The molecule has 0 saturated carbocycles. The fraction of sp³-hybridized carbons (Fsp3) is 0.400. The van der Waals surface area contributed by atoms with Crippen molar-refractivity contribution in [1.82, 2.24) is 4.98 Å². The number of carbonyl (C=O) groups excluding carboxylic acids is 1. The van der Waals surface area contributed by atoms with E-state index in [2.05, 4.69) is 10.3 Å². The normalized spacial score (nSPS) is 11.1. The molecule has 0 aliphatic carbocycles. The number of pyridine rings is 1. The van der Waals surface area contributed by atoms with Crippen molar-refractivity contribution in [3.05, 3.63) is 18.3 Å². The second-order valence-corrected chi connectivity index (χ2v) is 4.18. The average molecular weight is 193 g/mol. The quantitative estimate of drug-likeness (QED) is 0.712. The third-order valence-electron chi connectivity index (χ3n) is 1.71. The van der Waals surface area contributed by atoms with Crippen molar-refractivity contribution >= 4 is 17.4 Å². The Hall–Kier alpha value is -1.58. The van der Waals surface area contributed by atoms with Crippen LogP contribution in [-0.2, 0) is 4.79 Å². The lowest BCUT2D eigenvalue weighted by Gasteiger charge is -2.16. The Balaban J connectivity index is 2.71. The van der Waals surface area contributed by atoms with Crippen LogP contribution in [-0.4, -0.2) is 10.9 Å². The van der Waals surface area contributed by atoms with Gasteiger partial charge in [0.1, 0.15) is 5.82 Å². The van der Waals surface area contributed by atoms with Gasteiger partial charge in [0.2, 0.25) is 5.91 Å². The minimum absolute atomic E-state index is 0.0604. The Morgan fingerprint density at radius 2 is 2.07 bits per heavy atom. The molecule has 0 saturated heterocycles. The van der Waals surface area contributed by atoms with E-state index in [1.807, 2.05) is 20.8 Å². The van der Waals surface area contributed by atoms with Crippen LogP contribution in [0.25, 0.3) is 0 Å². The monoisotopic (exact) mass is 193 g/mol. The highest BCUT2D eigenvalue weighted by molar-refractivity contribution is 5.93. The van der Waals surface area contributed by atoms with E-state index in [1.165, 1.54) is 6.20 Å². The molecule has 4 heteroatoms. The summed E-state index contributed by atoms with van der Waals surface area (Å²) >= 11 is 0. The summed E-state index contributed by atoms with van der Waals surface area (Å²) in [6, 6.07) is 3.38. The van der Waals surface area contributed by atoms with Gasteiger partial charge in [-0.25, -0.2) is 4.98 Å². The minimum Gasteiger partial charge on any atom is -0.397 e. The molecule has 1 rings (SSSR count). The summed E-state index contributed by atoms with van der Waals surface area (Å²) in [6.45, 7) is 5.54. The van der Waals surface area contributed by atoms with E-state index in [4.69, 9.17) is 5.73 Å². The van der Waals surface area contributed by atoms with Gasteiger partial charge in [-0.05, 0) is 12.1 Å². The molecule has 0 aromatic carbocycles. The second-order valence-electron chi connectivity index (χ2n) is 4.18. The van der Waals surface area contributed by atoms with Gasteiger partial charge in [-0.2, -0.15) is 0 Å². The molecular weight excluding hydrogens is 178 g/mol. The molecule has 1 heterocycles. The maximum atomic E-state index is 11.5. The number of nitrogen functional groups attached to an aromatic ring is 1. The van der Waals surface area contributed by atoms with E-state index in [1.54, 1.807) is 12.1 Å². The first-order valence-corrected chi connectivity index (χ1v) is 4.42. The van der Waals surface area contributed by atoms with Crippen LogP contribution >= 0.6 is 0 Å². The molecule has 1 amide bonds. The molecule has 0 unspecified atom stereocenters. The van der Waals surface area contributed by atoms with Gasteiger partial charge in [0.15, 0.2) is 0 Å². The van der Waals surface area contributed by atoms with Gasteiger partial charge >= 0.3 is 0 Å². The van der Waals surface area contributed by atoms with Crippen LogP contribution in [0.15, 0.2) is 18.3 Å². The number of aromatic nitrogens is 1. The zero-order chi connectivity index (χ0) is 10.8. The number of anilines is 2. The summed E-state index contributed by atoms with van der Waals surface area (Å²) in [6.07, 6.45) is 1.51. The number of amides is 1. The van der Waals surface area contributed by atoms with Crippen molar-refractivity contribution in [1.29, 1.82) is 0 Å². The first-order chi connectivity index (χ1) is 6.39. The van der Waals surface area contributed by atoms with Gasteiger partial charge in [-0.3, -0.25) is 4.79 Å². The van der Waals surface area contributed by atoms with Crippen LogP contribution in [0, 0.1) is 5.41 Å². The Morgan fingerprint density at radius 3 is 2.50 bits per heavy atom. The van der Waals surface area contributed by atoms with Crippen LogP contribution < -0.4 is 11.1 Å². The molecule has 0 spiro atoms. The molecule has 0 bridgehead atoms.